The van der Waals surface area contributed by atoms with Crippen LogP contribution in [0.5, 0.6) is 0 Å². The lowest BCUT2D eigenvalue weighted by Gasteiger charge is -2.32. The van der Waals surface area contributed by atoms with Gasteiger partial charge >= 0.3 is 13.2 Å². The van der Waals surface area contributed by atoms with Gasteiger partial charge in [0.2, 0.25) is 0 Å². The van der Waals surface area contributed by atoms with E-state index in [0.29, 0.717) is 19.1 Å². The van der Waals surface area contributed by atoms with E-state index in [1.807, 2.05) is 40.0 Å². The Kier molecular flexibility index (Phi) is 3.96. The summed E-state index contributed by atoms with van der Waals surface area (Å²) in [6, 6.07) is 2.37. The summed E-state index contributed by atoms with van der Waals surface area (Å²) in [6.07, 6.45) is 4.96. The summed E-state index contributed by atoms with van der Waals surface area (Å²) in [5.74, 6) is 0. The molecule has 3 heterocycles. The van der Waals surface area contributed by atoms with Crippen LogP contribution in [0.4, 0.5) is 4.79 Å². The number of hydrogen-bond acceptors (Lipinski definition) is 3. The van der Waals surface area contributed by atoms with Crippen LogP contribution in [0.2, 0.25) is 0 Å². The van der Waals surface area contributed by atoms with E-state index < -0.39 is 6.09 Å². The molecule has 23 heavy (non-hydrogen) atoms. The summed E-state index contributed by atoms with van der Waals surface area (Å²) in [5.41, 5.74) is 0.337. The van der Waals surface area contributed by atoms with Gasteiger partial charge in [0.05, 0.1) is 11.2 Å². The van der Waals surface area contributed by atoms with E-state index in [2.05, 4.69) is 10.8 Å². The fraction of sp³-hybridized carbons (Fsp3) is 0.688. The van der Waals surface area contributed by atoms with E-state index >= 15 is 0 Å². The van der Waals surface area contributed by atoms with Gasteiger partial charge in [-0.2, -0.15) is 0 Å². The largest absolute Gasteiger partial charge is 0.496 e. The molecular weight excluding hydrogens is 295 g/mol. The Morgan fingerprint density at radius 2 is 1.78 bits per heavy atom. The maximum absolute atomic E-state index is 11.0. The first-order chi connectivity index (χ1) is 10.7. The molecule has 0 radical (unpaired) electrons. The van der Waals surface area contributed by atoms with Gasteiger partial charge in [-0.05, 0) is 46.6 Å². The average Bonchev–Trinajstić information content (AvgIpc) is 3.02. The summed E-state index contributed by atoms with van der Waals surface area (Å²) in [6.45, 7) is 9.36. The topological polar surface area (TPSA) is 63.9 Å². The smallest absolute Gasteiger partial charge is 0.465 e. The lowest BCUT2D eigenvalue weighted by molar-refractivity contribution is 0.00578. The van der Waals surface area contributed by atoms with Crippen LogP contribution in [0.1, 0.15) is 46.6 Å². The highest BCUT2D eigenvalue weighted by Gasteiger charge is 2.51. The van der Waals surface area contributed by atoms with E-state index in [1.54, 1.807) is 0 Å². The molecule has 1 amide bonds. The summed E-state index contributed by atoms with van der Waals surface area (Å²) in [5, 5.41) is 9.03. The van der Waals surface area contributed by atoms with E-state index in [0.717, 1.165) is 18.3 Å². The van der Waals surface area contributed by atoms with Crippen molar-refractivity contribution in [3.05, 3.63) is 18.5 Å². The van der Waals surface area contributed by atoms with Crippen molar-refractivity contribution in [2.45, 2.75) is 57.8 Å². The number of nitrogens with zero attached hydrogens (tertiary/aromatic N) is 2. The number of piperidine rings is 1. The zero-order valence-corrected chi connectivity index (χ0v) is 14.3. The van der Waals surface area contributed by atoms with Crippen LogP contribution < -0.4 is 5.46 Å². The molecule has 0 aromatic carbocycles. The first-order valence-corrected chi connectivity index (χ1v) is 8.20. The van der Waals surface area contributed by atoms with E-state index in [4.69, 9.17) is 14.4 Å². The third-order valence-electron chi connectivity index (χ3n) is 5.42. The number of hydrogen-bond donors (Lipinski definition) is 1. The van der Waals surface area contributed by atoms with Crippen molar-refractivity contribution < 1.29 is 19.2 Å². The van der Waals surface area contributed by atoms with Crippen LogP contribution in [0.15, 0.2) is 18.5 Å². The molecule has 2 saturated heterocycles. The standard InChI is InChI=1S/C16H25BN2O4/c1-15(2)16(3,4)23-17(22-15)12-5-8-19(11-12)13-6-9-18(10-7-13)14(20)21/h5,8,11,13H,6-7,9-10H2,1-4H3,(H,20,21). The fourth-order valence-corrected chi connectivity index (χ4v) is 3.13. The molecule has 2 aliphatic heterocycles. The Morgan fingerprint density at radius 1 is 1.22 bits per heavy atom. The normalized spacial score (nSPS) is 24.2. The van der Waals surface area contributed by atoms with E-state index in [9.17, 15) is 4.79 Å². The molecule has 1 N–H and O–H groups in total. The molecular formula is C16H25BN2O4. The van der Waals surface area contributed by atoms with Gasteiger partial charge in [0.1, 0.15) is 0 Å². The summed E-state index contributed by atoms with van der Waals surface area (Å²) < 4.78 is 14.3. The number of likely N-dealkylation sites (tertiary alicyclic amines) is 1. The maximum Gasteiger partial charge on any atom is 0.496 e. The molecule has 126 valence electrons. The molecule has 1 aromatic rings. The quantitative estimate of drug-likeness (QED) is 0.848. The minimum Gasteiger partial charge on any atom is -0.465 e. The molecule has 0 saturated carbocycles. The van der Waals surface area contributed by atoms with Crippen molar-refractivity contribution in [2.75, 3.05) is 13.1 Å². The highest BCUT2D eigenvalue weighted by molar-refractivity contribution is 6.62. The van der Waals surface area contributed by atoms with E-state index in [1.165, 1.54) is 4.90 Å². The number of rotatable bonds is 2. The minimum atomic E-state index is -0.825. The van der Waals surface area contributed by atoms with Gasteiger partial charge in [0.25, 0.3) is 0 Å². The molecule has 6 nitrogen and oxygen atoms in total. The van der Waals surface area contributed by atoms with Crippen LogP contribution in [0.3, 0.4) is 0 Å². The molecule has 0 atom stereocenters. The second-order valence-corrected chi connectivity index (χ2v) is 7.48. The summed E-state index contributed by atoms with van der Waals surface area (Å²) >= 11 is 0. The van der Waals surface area contributed by atoms with Crippen LogP contribution in [-0.2, 0) is 9.31 Å². The predicted molar refractivity (Wildman–Crippen MR) is 88.0 cm³/mol. The number of aromatic nitrogens is 1. The monoisotopic (exact) mass is 320 g/mol. The molecule has 0 bridgehead atoms. The fourth-order valence-electron chi connectivity index (χ4n) is 3.13. The first kappa shape index (κ1) is 16.4. The Bertz CT molecular complexity index is 575. The van der Waals surface area contributed by atoms with Gasteiger partial charge in [-0.25, -0.2) is 4.79 Å². The highest BCUT2D eigenvalue weighted by atomic mass is 16.7. The van der Waals surface area contributed by atoms with Crippen molar-refractivity contribution in [1.82, 2.24) is 9.47 Å². The van der Waals surface area contributed by atoms with Gasteiger partial charge in [-0.3, -0.25) is 0 Å². The van der Waals surface area contributed by atoms with Gasteiger partial charge in [-0.1, -0.05) is 0 Å². The van der Waals surface area contributed by atoms with Crippen molar-refractivity contribution in [3.63, 3.8) is 0 Å². The van der Waals surface area contributed by atoms with Crippen molar-refractivity contribution in [3.8, 4) is 0 Å². The Balaban J connectivity index is 1.67. The number of carbonyl (C=O) groups is 1. The molecule has 2 fully saturated rings. The average molecular weight is 320 g/mol. The number of carboxylic acid groups (broad SMARTS) is 1. The second-order valence-electron chi connectivity index (χ2n) is 7.48. The van der Waals surface area contributed by atoms with Gasteiger partial charge in [0.15, 0.2) is 0 Å². The molecule has 2 aliphatic rings. The van der Waals surface area contributed by atoms with Crippen LogP contribution >= 0.6 is 0 Å². The SMILES string of the molecule is CC1(C)OB(c2ccn(C3CCN(C(=O)O)CC3)c2)OC1(C)C. The first-order valence-electron chi connectivity index (χ1n) is 8.20. The zero-order valence-electron chi connectivity index (χ0n) is 14.3. The minimum absolute atomic E-state index is 0.335. The van der Waals surface area contributed by atoms with Gasteiger partial charge in [-0.15, -0.1) is 0 Å². The third-order valence-corrected chi connectivity index (χ3v) is 5.42. The maximum atomic E-state index is 11.0. The third kappa shape index (κ3) is 2.99. The predicted octanol–water partition coefficient (Wildman–Crippen LogP) is 2.10. The molecule has 7 heteroatoms. The lowest BCUT2D eigenvalue weighted by atomic mass is 9.81. The Morgan fingerprint density at radius 3 is 2.30 bits per heavy atom. The molecule has 0 unspecified atom stereocenters. The van der Waals surface area contributed by atoms with Crippen molar-refractivity contribution in [2.24, 2.45) is 0 Å². The number of amides is 1. The molecule has 1 aromatic heterocycles. The van der Waals surface area contributed by atoms with Crippen molar-refractivity contribution in [1.29, 1.82) is 0 Å². The summed E-state index contributed by atoms with van der Waals surface area (Å²) in [7, 11) is -0.347. The zero-order chi connectivity index (χ0) is 16.8. The molecule has 0 spiro atoms. The van der Waals surface area contributed by atoms with Crippen LogP contribution in [-0.4, -0.2) is 52.1 Å². The molecule has 0 aliphatic carbocycles. The van der Waals surface area contributed by atoms with Gasteiger partial charge < -0.3 is 23.9 Å². The van der Waals surface area contributed by atoms with Crippen LogP contribution in [0, 0.1) is 0 Å². The van der Waals surface area contributed by atoms with Gasteiger partial charge in [0, 0.05) is 37.0 Å². The Hall–Kier alpha value is -1.47. The van der Waals surface area contributed by atoms with Crippen LogP contribution in [0.25, 0.3) is 0 Å². The summed E-state index contributed by atoms with van der Waals surface area (Å²) in [4.78, 5) is 12.5. The Labute approximate surface area is 137 Å². The molecule has 3 rings (SSSR count). The lowest BCUT2D eigenvalue weighted by Crippen LogP contribution is -2.41. The highest BCUT2D eigenvalue weighted by Crippen LogP contribution is 2.36. The van der Waals surface area contributed by atoms with Crippen molar-refractivity contribution >= 4 is 18.7 Å². The van der Waals surface area contributed by atoms with E-state index in [-0.39, 0.29) is 18.3 Å². The second kappa shape index (κ2) is 5.56.